The van der Waals surface area contributed by atoms with Crippen LogP contribution >= 0.6 is 11.3 Å². The van der Waals surface area contributed by atoms with Gasteiger partial charge in [-0.15, -0.1) is 10.2 Å². The van der Waals surface area contributed by atoms with Crippen LogP contribution in [0.3, 0.4) is 0 Å². The Balaban J connectivity index is 1.31. The lowest BCUT2D eigenvalue weighted by atomic mass is 9.97. The number of likely N-dealkylation sites (tertiary alicyclic amines) is 1. The number of hydrogen-bond acceptors (Lipinski definition) is 7. The zero-order valence-corrected chi connectivity index (χ0v) is 22.2. The molecule has 1 aliphatic heterocycles. The number of pyridine rings is 1. The number of nitrogens with zero attached hydrogens (tertiary/aromatic N) is 6. The van der Waals surface area contributed by atoms with E-state index in [0.29, 0.717) is 6.04 Å². The molecule has 0 atom stereocenters. The van der Waals surface area contributed by atoms with Crippen LogP contribution < -0.4 is 0 Å². The second-order valence-electron chi connectivity index (χ2n) is 9.66. The van der Waals surface area contributed by atoms with Gasteiger partial charge in [0.25, 0.3) is 0 Å². The van der Waals surface area contributed by atoms with Crippen LogP contribution in [0.5, 0.6) is 0 Å². The summed E-state index contributed by atoms with van der Waals surface area (Å²) in [7, 11) is 0. The van der Waals surface area contributed by atoms with Gasteiger partial charge in [-0.1, -0.05) is 71.5 Å². The Hall–Kier alpha value is -3.68. The molecule has 1 saturated heterocycles. The molecular weight excluding hydrogens is 476 g/mol. The van der Waals surface area contributed by atoms with Crippen molar-refractivity contribution in [2.45, 2.75) is 39.3 Å². The van der Waals surface area contributed by atoms with E-state index in [2.05, 4.69) is 102 Å². The maximum Gasteiger partial charge on any atom is 0.149 e. The third kappa shape index (κ3) is 6.01. The van der Waals surface area contributed by atoms with E-state index in [1.165, 1.54) is 22.5 Å². The molecule has 37 heavy (non-hydrogen) atoms. The van der Waals surface area contributed by atoms with Crippen LogP contribution in [0.4, 0.5) is 0 Å². The van der Waals surface area contributed by atoms with Crippen LogP contribution in [0.2, 0.25) is 0 Å². The van der Waals surface area contributed by atoms with Gasteiger partial charge >= 0.3 is 0 Å². The van der Waals surface area contributed by atoms with Crippen molar-refractivity contribution in [2.24, 2.45) is 5.10 Å². The van der Waals surface area contributed by atoms with Crippen LogP contribution in [-0.2, 0) is 6.54 Å². The first-order valence-corrected chi connectivity index (χ1v) is 13.5. The summed E-state index contributed by atoms with van der Waals surface area (Å²) in [4.78, 5) is 7.41. The minimum atomic E-state index is 0.427. The summed E-state index contributed by atoms with van der Waals surface area (Å²) >= 11 is 1.52. The molecule has 0 N–H and O–H groups in total. The molecule has 1 fully saturated rings. The summed E-state index contributed by atoms with van der Waals surface area (Å²) in [6.45, 7) is 11.0. The largest absolute Gasteiger partial charge is 0.299 e. The number of benzene rings is 2. The summed E-state index contributed by atoms with van der Waals surface area (Å²) in [6, 6.07) is 21.9. The second-order valence-corrected chi connectivity index (χ2v) is 10.5. The van der Waals surface area contributed by atoms with Crippen LogP contribution in [0.15, 0.2) is 89.2 Å². The molecule has 1 aliphatic rings. The maximum absolute atomic E-state index is 4.88. The van der Waals surface area contributed by atoms with E-state index in [1.807, 2.05) is 17.3 Å². The molecule has 3 heterocycles. The lowest BCUT2D eigenvalue weighted by Gasteiger charge is -2.35. The molecule has 2 aromatic carbocycles. The average Bonchev–Trinajstić information content (AvgIpc) is 3.48. The summed E-state index contributed by atoms with van der Waals surface area (Å²) < 4.78 is 0. The fourth-order valence-corrected chi connectivity index (χ4v) is 5.38. The third-order valence-corrected chi connectivity index (χ3v) is 7.44. The zero-order valence-electron chi connectivity index (χ0n) is 21.4. The third-order valence-electron chi connectivity index (χ3n) is 6.70. The van der Waals surface area contributed by atoms with Crippen molar-refractivity contribution in [3.63, 3.8) is 0 Å². The number of aromatic nitrogens is 3. The van der Waals surface area contributed by atoms with Gasteiger partial charge < -0.3 is 0 Å². The molecule has 188 valence electrons. The molecule has 0 bridgehead atoms. The maximum atomic E-state index is 4.88. The Morgan fingerprint density at radius 2 is 1.81 bits per heavy atom. The van der Waals surface area contributed by atoms with Gasteiger partial charge in [0.2, 0.25) is 0 Å². The van der Waals surface area contributed by atoms with Crippen molar-refractivity contribution in [3.05, 3.63) is 89.7 Å². The monoisotopic (exact) mass is 508 g/mol. The summed E-state index contributed by atoms with van der Waals surface area (Å²) in [5, 5.41) is 15.4. The molecule has 2 aromatic heterocycles. The molecule has 0 unspecified atom stereocenters. The first kappa shape index (κ1) is 25.0. The zero-order chi connectivity index (χ0) is 25.6. The second kappa shape index (κ2) is 11.6. The van der Waals surface area contributed by atoms with Crippen LogP contribution in [0.1, 0.15) is 32.3 Å². The van der Waals surface area contributed by atoms with Gasteiger partial charge in [0.1, 0.15) is 10.5 Å². The van der Waals surface area contributed by atoms with E-state index in [1.54, 1.807) is 5.51 Å². The van der Waals surface area contributed by atoms with Gasteiger partial charge in [0, 0.05) is 55.4 Å². The van der Waals surface area contributed by atoms with Crippen molar-refractivity contribution >= 4 is 18.1 Å². The van der Waals surface area contributed by atoms with E-state index in [4.69, 9.17) is 4.98 Å². The van der Waals surface area contributed by atoms with E-state index < -0.39 is 0 Å². The summed E-state index contributed by atoms with van der Waals surface area (Å²) in [5.41, 5.74) is 9.62. The highest BCUT2D eigenvalue weighted by Gasteiger charge is 2.23. The normalized spacial score (nSPS) is 14.3. The molecule has 0 saturated carbocycles. The van der Waals surface area contributed by atoms with Gasteiger partial charge in [-0.2, -0.15) is 5.10 Å². The van der Waals surface area contributed by atoms with Crippen LogP contribution in [-0.4, -0.2) is 50.9 Å². The number of hydrogen-bond donors (Lipinski definition) is 0. The van der Waals surface area contributed by atoms with E-state index in [-0.39, 0.29) is 0 Å². The standard InChI is InChI=1S/C30H32N6S/c1-22(2)19-36(31-3)27-13-15-35(16-14-27)20-23-9-11-25(12-10-23)29-28(24-7-5-4-6-8-24)17-26(18-32-29)30-34-33-21-37-30/h4-12,17-19,21,27H,3,13-16,20H2,1-2H3. The fraction of sp³-hybridized carbons (Fsp3) is 0.267. The topological polar surface area (TPSA) is 57.5 Å². The number of hydrazone groups is 1. The molecule has 6 nitrogen and oxygen atoms in total. The van der Waals surface area contributed by atoms with Crippen molar-refractivity contribution in [2.75, 3.05) is 13.1 Å². The molecule has 0 aliphatic carbocycles. The minimum absolute atomic E-state index is 0.427. The smallest absolute Gasteiger partial charge is 0.149 e. The molecular formula is C30H32N6S. The Labute approximate surface area is 223 Å². The van der Waals surface area contributed by atoms with E-state index in [9.17, 15) is 0 Å². The molecule has 5 rings (SSSR count). The highest BCUT2D eigenvalue weighted by molar-refractivity contribution is 7.12. The van der Waals surface area contributed by atoms with Gasteiger partial charge in [-0.05, 0) is 43.9 Å². The van der Waals surface area contributed by atoms with Crippen molar-refractivity contribution in [1.82, 2.24) is 25.1 Å². The Morgan fingerprint density at radius 3 is 2.46 bits per heavy atom. The van der Waals surface area contributed by atoms with Crippen LogP contribution in [0.25, 0.3) is 33.0 Å². The highest BCUT2D eigenvalue weighted by Crippen LogP contribution is 2.34. The number of piperidine rings is 1. The van der Waals surface area contributed by atoms with Crippen molar-refractivity contribution in [3.8, 4) is 33.0 Å². The predicted molar refractivity (Wildman–Crippen MR) is 153 cm³/mol. The average molecular weight is 509 g/mol. The predicted octanol–water partition coefficient (Wildman–Crippen LogP) is 6.74. The Kier molecular flexibility index (Phi) is 7.82. The Bertz CT molecular complexity index is 1340. The molecule has 0 spiro atoms. The number of rotatable bonds is 8. The van der Waals surface area contributed by atoms with Crippen molar-refractivity contribution in [1.29, 1.82) is 0 Å². The van der Waals surface area contributed by atoms with Crippen LogP contribution in [0, 0.1) is 0 Å². The van der Waals surface area contributed by atoms with Gasteiger partial charge in [-0.25, -0.2) is 0 Å². The van der Waals surface area contributed by atoms with Crippen molar-refractivity contribution < 1.29 is 0 Å². The first-order valence-electron chi connectivity index (χ1n) is 12.6. The molecule has 0 amide bonds. The summed E-state index contributed by atoms with van der Waals surface area (Å²) in [5.74, 6) is 0. The quantitative estimate of drug-likeness (QED) is 0.195. The SMILES string of the molecule is C=NN(C=C(C)C)C1CCN(Cc2ccc(-c3ncc(-c4nncs4)cc3-c3ccccc3)cc2)CC1. The lowest BCUT2D eigenvalue weighted by molar-refractivity contribution is 0.139. The number of allylic oxidation sites excluding steroid dienone is 1. The van der Waals surface area contributed by atoms with Gasteiger partial charge in [-0.3, -0.25) is 14.9 Å². The lowest BCUT2D eigenvalue weighted by Crippen LogP contribution is -2.40. The highest BCUT2D eigenvalue weighted by atomic mass is 32.1. The minimum Gasteiger partial charge on any atom is -0.299 e. The van der Waals surface area contributed by atoms with E-state index >= 15 is 0 Å². The van der Waals surface area contributed by atoms with Gasteiger partial charge in [0.05, 0.1) is 11.7 Å². The first-order chi connectivity index (χ1) is 18.1. The summed E-state index contributed by atoms with van der Waals surface area (Å²) in [6.07, 6.45) is 6.18. The fourth-order valence-electron chi connectivity index (χ4n) is 4.84. The molecule has 0 radical (unpaired) electrons. The van der Waals surface area contributed by atoms with E-state index in [0.717, 1.165) is 65.4 Å². The van der Waals surface area contributed by atoms with Gasteiger partial charge in [0.15, 0.2) is 0 Å². The molecule has 7 heteroatoms. The molecule has 4 aromatic rings. The Morgan fingerprint density at radius 1 is 1.05 bits per heavy atom.